The maximum atomic E-state index is 13.0. The summed E-state index contributed by atoms with van der Waals surface area (Å²) in [6.45, 7) is 3.72. The lowest BCUT2D eigenvalue weighted by molar-refractivity contribution is -0.302. The average molecular weight is 862 g/mol. The van der Waals surface area contributed by atoms with E-state index in [-0.39, 0.29) is 12.5 Å². The molecule has 1 aliphatic rings. The lowest BCUT2D eigenvalue weighted by atomic mass is 9.99. The van der Waals surface area contributed by atoms with E-state index in [1.54, 1.807) is 0 Å². The topological polar surface area (TPSA) is 149 Å². The summed E-state index contributed by atoms with van der Waals surface area (Å²) in [5.41, 5.74) is 0. The molecule has 7 unspecified atom stereocenters. The number of rotatable bonds is 42. The SMILES string of the molecule is CC/C=C\C/C=C\C/C=C\C/C=C\CCCCCCCCCCCCC(=O)NC(COC1OC(CO)C(O)C(O)C1O)C(O)CCCCCCCCCCCCCCCCC. The number of carbonyl (C=O) groups is 1. The van der Waals surface area contributed by atoms with Crippen LogP contribution in [0.3, 0.4) is 0 Å². The van der Waals surface area contributed by atoms with Gasteiger partial charge < -0.3 is 40.3 Å². The number of aliphatic hydroxyl groups is 5. The number of allylic oxidation sites excluding steroid dienone is 8. The maximum Gasteiger partial charge on any atom is 0.220 e. The molecule has 61 heavy (non-hydrogen) atoms. The van der Waals surface area contributed by atoms with E-state index in [9.17, 15) is 30.3 Å². The van der Waals surface area contributed by atoms with Crippen LogP contribution in [0.1, 0.15) is 219 Å². The third-order valence-electron chi connectivity index (χ3n) is 11.9. The highest BCUT2D eigenvalue weighted by atomic mass is 16.7. The predicted octanol–water partition coefficient (Wildman–Crippen LogP) is 11.4. The van der Waals surface area contributed by atoms with E-state index in [2.05, 4.69) is 67.8 Å². The van der Waals surface area contributed by atoms with Crippen molar-refractivity contribution in [2.45, 2.75) is 262 Å². The minimum Gasteiger partial charge on any atom is -0.394 e. The van der Waals surface area contributed by atoms with Crippen molar-refractivity contribution in [3.63, 3.8) is 0 Å². The molecule has 9 heteroatoms. The second-order valence-electron chi connectivity index (χ2n) is 17.6. The average Bonchev–Trinajstić information content (AvgIpc) is 3.26. The van der Waals surface area contributed by atoms with Crippen molar-refractivity contribution in [1.29, 1.82) is 0 Å². The Balaban J connectivity index is 2.26. The Hall–Kier alpha value is -1.85. The Morgan fingerprint density at radius 1 is 0.574 bits per heavy atom. The Labute approximate surface area is 373 Å². The monoisotopic (exact) mass is 862 g/mol. The largest absolute Gasteiger partial charge is 0.394 e. The number of nitrogens with one attached hydrogen (secondary N) is 1. The Kier molecular flexibility index (Phi) is 39.5. The number of hydrogen-bond acceptors (Lipinski definition) is 8. The predicted molar refractivity (Wildman–Crippen MR) is 253 cm³/mol. The molecule has 7 atom stereocenters. The number of amides is 1. The molecule has 1 amide bonds. The number of aliphatic hydroxyl groups excluding tert-OH is 5. The van der Waals surface area contributed by atoms with E-state index in [0.29, 0.717) is 12.8 Å². The van der Waals surface area contributed by atoms with Crippen molar-refractivity contribution in [1.82, 2.24) is 5.32 Å². The van der Waals surface area contributed by atoms with Crippen molar-refractivity contribution in [2.24, 2.45) is 0 Å². The van der Waals surface area contributed by atoms with E-state index in [4.69, 9.17) is 9.47 Å². The molecule has 0 aliphatic carbocycles. The second kappa shape index (κ2) is 42.1. The fourth-order valence-electron chi connectivity index (χ4n) is 7.92. The quantitative estimate of drug-likeness (QED) is 0.0262. The van der Waals surface area contributed by atoms with Crippen molar-refractivity contribution in [2.75, 3.05) is 13.2 Å². The van der Waals surface area contributed by atoms with Gasteiger partial charge in [-0.1, -0.05) is 210 Å². The van der Waals surface area contributed by atoms with Gasteiger partial charge in [0.2, 0.25) is 5.91 Å². The molecule has 6 N–H and O–H groups in total. The molecule has 0 aromatic rings. The van der Waals surface area contributed by atoms with Crippen molar-refractivity contribution < 1.29 is 39.8 Å². The van der Waals surface area contributed by atoms with Gasteiger partial charge in [-0.15, -0.1) is 0 Å². The van der Waals surface area contributed by atoms with Gasteiger partial charge in [-0.25, -0.2) is 0 Å². The molecule has 1 rings (SSSR count). The maximum absolute atomic E-state index is 13.0. The van der Waals surface area contributed by atoms with Gasteiger partial charge in [0.15, 0.2) is 6.29 Å². The fraction of sp³-hybridized carbons (Fsp3) is 0.827. The van der Waals surface area contributed by atoms with Crippen molar-refractivity contribution in [3.8, 4) is 0 Å². The second-order valence-corrected chi connectivity index (χ2v) is 17.6. The van der Waals surface area contributed by atoms with Gasteiger partial charge in [-0.05, 0) is 51.4 Å². The fourth-order valence-corrected chi connectivity index (χ4v) is 7.92. The van der Waals surface area contributed by atoms with Crippen LogP contribution in [-0.4, -0.2) is 87.5 Å². The van der Waals surface area contributed by atoms with E-state index < -0.39 is 49.5 Å². The van der Waals surface area contributed by atoms with E-state index >= 15 is 0 Å². The smallest absolute Gasteiger partial charge is 0.220 e. The molecular formula is C52H95NO8. The molecule has 9 nitrogen and oxygen atoms in total. The lowest BCUT2D eigenvalue weighted by Gasteiger charge is -2.40. The molecule has 0 aromatic carbocycles. The van der Waals surface area contributed by atoms with Gasteiger partial charge in [0, 0.05) is 6.42 Å². The Morgan fingerprint density at radius 3 is 1.51 bits per heavy atom. The van der Waals surface area contributed by atoms with E-state index in [0.717, 1.165) is 70.6 Å². The van der Waals surface area contributed by atoms with Gasteiger partial charge in [0.05, 0.1) is 25.4 Å². The zero-order valence-corrected chi connectivity index (χ0v) is 39.2. The van der Waals surface area contributed by atoms with E-state index in [1.807, 2.05) is 0 Å². The van der Waals surface area contributed by atoms with Crippen LogP contribution in [0, 0.1) is 0 Å². The molecule has 0 aromatic heterocycles. The number of ether oxygens (including phenoxy) is 2. The van der Waals surface area contributed by atoms with Crippen LogP contribution < -0.4 is 5.32 Å². The molecule has 356 valence electrons. The summed E-state index contributed by atoms with van der Waals surface area (Å²) in [4.78, 5) is 13.0. The molecule has 1 heterocycles. The molecule has 0 radical (unpaired) electrons. The standard InChI is InChI=1S/C52H95NO8/c1-3-5-7-9-11-13-15-17-19-20-21-22-23-24-25-26-28-30-32-34-36-38-40-42-48(56)53-45(44-60-52-51(59)50(58)49(57)47(43-54)61-52)46(55)41-39-37-35-33-31-29-27-18-16-14-12-10-8-6-4-2/h5,7,11,13,17,19,21-22,45-47,49-52,54-55,57-59H,3-4,6,8-10,12,14-16,18,20,23-44H2,1-2H3,(H,53,56)/b7-5-,13-11-,19-17-,22-21-. The molecule has 0 spiro atoms. The van der Waals surface area contributed by atoms with Crippen LogP contribution in [0.25, 0.3) is 0 Å². The van der Waals surface area contributed by atoms with Gasteiger partial charge in [-0.2, -0.15) is 0 Å². The van der Waals surface area contributed by atoms with Crippen LogP contribution in [0.2, 0.25) is 0 Å². The molecule has 0 saturated carbocycles. The summed E-state index contributed by atoms with van der Waals surface area (Å²) in [6.07, 6.45) is 46.9. The highest BCUT2D eigenvalue weighted by Crippen LogP contribution is 2.23. The van der Waals surface area contributed by atoms with Gasteiger partial charge in [0.25, 0.3) is 0 Å². The first-order valence-electron chi connectivity index (χ1n) is 25.3. The molecule has 0 bridgehead atoms. The van der Waals surface area contributed by atoms with Gasteiger partial charge >= 0.3 is 0 Å². The Morgan fingerprint density at radius 2 is 1.02 bits per heavy atom. The number of unbranched alkanes of at least 4 members (excludes halogenated alkanes) is 24. The van der Waals surface area contributed by atoms with Crippen LogP contribution in [0.4, 0.5) is 0 Å². The molecule has 1 fully saturated rings. The van der Waals surface area contributed by atoms with Crippen molar-refractivity contribution in [3.05, 3.63) is 48.6 Å². The molecule has 1 aliphatic heterocycles. The van der Waals surface area contributed by atoms with Crippen LogP contribution in [0.15, 0.2) is 48.6 Å². The lowest BCUT2D eigenvalue weighted by Crippen LogP contribution is -2.60. The number of hydrogen-bond donors (Lipinski definition) is 6. The summed E-state index contributed by atoms with van der Waals surface area (Å²) >= 11 is 0. The minimum atomic E-state index is -1.55. The molecular weight excluding hydrogens is 767 g/mol. The van der Waals surface area contributed by atoms with E-state index in [1.165, 1.54) is 122 Å². The van der Waals surface area contributed by atoms with Gasteiger partial charge in [-0.3, -0.25) is 4.79 Å². The summed E-state index contributed by atoms with van der Waals surface area (Å²) < 4.78 is 11.3. The van der Waals surface area contributed by atoms with Crippen molar-refractivity contribution >= 4 is 5.91 Å². The first kappa shape index (κ1) is 57.2. The van der Waals surface area contributed by atoms with Crippen LogP contribution >= 0.6 is 0 Å². The highest BCUT2D eigenvalue weighted by molar-refractivity contribution is 5.76. The molecule has 1 saturated heterocycles. The summed E-state index contributed by atoms with van der Waals surface area (Å²) in [5.74, 6) is -0.150. The third-order valence-corrected chi connectivity index (χ3v) is 11.9. The van der Waals surface area contributed by atoms with Gasteiger partial charge in [0.1, 0.15) is 24.4 Å². The summed E-state index contributed by atoms with van der Waals surface area (Å²) in [5, 5.41) is 54.5. The summed E-state index contributed by atoms with van der Waals surface area (Å²) in [6, 6.07) is -0.722. The summed E-state index contributed by atoms with van der Waals surface area (Å²) in [7, 11) is 0. The Bertz CT molecular complexity index is 1090. The zero-order chi connectivity index (χ0) is 44.4. The first-order valence-corrected chi connectivity index (χ1v) is 25.3. The van der Waals surface area contributed by atoms with Crippen LogP contribution in [-0.2, 0) is 14.3 Å². The first-order chi connectivity index (χ1) is 29.8. The third kappa shape index (κ3) is 32.5. The van der Waals surface area contributed by atoms with Crippen LogP contribution in [0.5, 0.6) is 0 Å². The highest BCUT2D eigenvalue weighted by Gasteiger charge is 2.44. The minimum absolute atomic E-state index is 0.140. The number of carbonyl (C=O) groups excluding carboxylic acids is 1. The zero-order valence-electron chi connectivity index (χ0n) is 39.2. The normalized spacial score (nSPS) is 20.8.